The topological polar surface area (TPSA) is 58.0 Å². The second-order valence-corrected chi connectivity index (χ2v) is 5.26. The van der Waals surface area contributed by atoms with Crippen LogP contribution in [0.5, 0.6) is 0 Å². The molecule has 4 heteroatoms. The maximum atomic E-state index is 12.0. The number of fused-ring (bicyclic) bond motifs is 1. The van der Waals surface area contributed by atoms with Gasteiger partial charge in [0.1, 0.15) is 11.6 Å². The van der Waals surface area contributed by atoms with Crippen molar-refractivity contribution in [3.05, 3.63) is 64.8 Å². The lowest BCUT2D eigenvalue weighted by Crippen LogP contribution is -2.19. The SMILES string of the molecule is CC(CCc1ccco1)Nc1cc2ccccc2c(=O)[nH]1. The minimum Gasteiger partial charge on any atom is -0.469 e. The van der Waals surface area contributed by atoms with Crippen molar-refractivity contribution in [1.82, 2.24) is 4.98 Å². The zero-order chi connectivity index (χ0) is 14.7. The van der Waals surface area contributed by atoms with Gasteiger partial charge >= 0.3 is 0 Å². The molecule has 2 heterocycles. The van der Waals surface area contributed by atoms with E-state index in [9.17, 15) is 4.79 Å². The fourth-order valence-electron chi connectivity index (χ4n) is 2.44. The summed E-state index contributed by atoms with van der Waals surface area (Å²) in [5.74, 6) is 1.74. The van der Waals surface area contributed by atoms with E-state index in [0.29, 0.717) is 5.39 Å². The summed E-state index contributed by atoms with van der Waals surface area (Å²) >= 11 is 0. The molecule has 0 radical (unpaired) electrons. The molecule has 1 unspecified atom stereocenters. The van der Waals surface area contributed by atoms with Crippen LogP contribution in [0, 0.1) is 0 Å². The van der Waals surface area contributed by atoms with Crippen LogP contribution in [-0.4, -0.2) is 11.0 Å². The van der Waals surface area contributed by atoms with Crippen molar-refractivity contribution >= 4 is 16.6 Å². The summed E-state index contributed by atoms with van der Waals surface area (Å²) in [5.41, 5.74) is -0.0613. The number of furan rings is 1. The number of aromatic amines is 1. The highest BCUT2D eigenvalue weighted by Gasteiger charge is 2.06. The number of hydrogen-bond acceptors (Lipinski definition) is 3. The van der Waals surface area contributed by atoms with Gasteiger partial charge in [0.05, 0.1) is 6.26 Å². The van der Waals surface area contributed by atoms with Gasteiger partial charge in [-0.2, -0.15) is 0 Å². The van der Waals surface area contributed by atoms with Gasteiger partial charge in [0.15, 0.2) is 0 Å². The largest absolute Gasteiger partial charge is 0.469 e. The first-order valence-electron chi connectivity index (χ1n) is 7.13. The normalized spacial score (nSPS) is 12.4. The quantitative estimate of drug-likeness (QED) is 0.752. The van der Waals surface area contributed by atoms with E-state index >= 15 is 0 Å². The van der Waals surface area contributed by atoms with Crippen LogP contribution in [0.4, 0.5) is 5.82 Å². The summed E-state index contributed by atoms with van der Waals surface area (Å²) in [6.07, 6.45) is 3.50. The van der Waals surface area contributed by atoms with E-state index in [1.165, 1.54) is 0 Å². The lowest BCUT2D eigenvalue weighted by Gasteiger charge is -2.14. The molecule has 108 valence electrons. The summed E-state index contributed by atoms with van der Waals surface area (Å²) in [6, 6.07) is 13.7. The molecule has 2 N–H and O–H groups in total. The Bertz CT molecular complexity index is 775. The summed E-state index contributed by atoms with van der Waals surface area (Å²) in [7, 11) is 0. The first-order valence-corrected chi connectivity index (χ1v) is 7.13. The Labute approximate surface area is 122 Å². The van der Waals surface area contributed by atoms with Crippen molar-refractivity contribution in [3.8, 4) is 0 Å². The van der Waals surface area contributed by atoms with Gasteiger partial charge < -0.3 is 14.7 Å². The van der Waals surface area contributed by atoms with Gasteiger partial charge in [0.2, 0.25) is 0 Å². The van der Waals surface area contributed by atoms with Crippen LogP contribution in [0.25, 0.3) is 10.8 Å². The molecule has 4 nitrogen and oxygen atoms in total. The predicted molar refractivity (Wildman–Crippen MR) is 84.7 cm³/mol. The van der Waals surface area contributed by atoms with Crippen molar-refractivity contribution in [2.24, 2.45) is 0 Å². The Hall–Kier alpha value is -2.49. The van der Waals surface area contributed by atoms with E-state index in [1.807, 2.05) is 42.5 Å². The second kappa shape index (κ2) is 5.87. The van der Waals surface area contributed by atoms with E-state index in [4.69, 9.17) is 4.42 Å². The summed E-state index contributed by atoms with van der Waals surface area (Å²) in [5, 5.41) is 5.00. The summed E-state index contributed by atoms with van der Waals surface area (Å²) in [4.78, 5) is 14.9. The molecule has 1 atom stereocenters. The lowest BCUT2D eigenvalue weighted by molar-refractivity contribution is 0.495. The third-order valence-corrected chi connectivity index (χ3v) is 3.56. The molecular weight excluding hydrogens is 264 g/mol. The molecule has 3 rings (SSSR count). The molecule has 21 heavy (non-hydrogen) atoms. The number of anilines is 1. The van der Waals surface area contributed by atoms with Crippen LogP contribution in [0.2, 0.25) is 0 Å². The van der Waals surface area contributed by atoms with Gasteiger partial charge in [-0.05, 0) is 43.0 Å². The van der Waals surface area contributed by atoms with Crippen LogP contribution in [0.15, 0.2) is 57.9 Å². The molecule has 3 aromatic rings. The molecule has 0 bridgehead atoms. The highest BCUT2D eigenvalue weighted by molar-refractivity contribution is 5.83. The first-order chi connectivity index (χ1) is 10.2. The Kier molecular flexibility index (Phi) is 3.77. The number of hydrogen-bond donors (Lipinski definition) is 2. The van der Waals surface area contributed by atoms with Crippen LogP contribution in [-0.2, 0) is 6.42 Å². The van der Waals surface area contributed by atoms with Crippen LogP contribution >= 0.6 is 0 Å². The molecule has 0 aliphatic carbocycles. The number of aryl methyl sites for hydroxylation is 1. The number of pyridine rings is 1. The zero-order valence-electron chi connectivity index (χ0n) is 11.9. The number of rotatable bonds is 5. The van der Waals surface area contributed by atoms with E-state index in [0.717, 1.165) is 29.8 Å². The number of nitrogens with one attached hydrogen (secondary N) is 2. The van der Waals surface area contributed by atoms with E-state index in [1.54, 1.807) is 6.26 Å². The fourth-order valence-corrected chi connectivity index (χ4v) is 2.44. The van der Waals surface area contributed by atoms with Crippen molar-refractivity contribution < 1.29 is 4.42 Å². The minimum absolute atomic E-state index is 0.0613. The van der Waals surface area contributed by atoms with Crippen molar-refractivity contribution in [2.45, 2.75) is 25.8 Å². The molecule has 2 aromatic heterocycles. The van der Waals surface area contributed by atoms with Gasteiger partial charge in [-0.25, -0.2) is 0 Å². The summed E-state index contributed by atoms with van der Waals surface area (Å²) < 4.78 is 5.33. The lowest BCUT2D eigenvalue weighted by atomic mass is 10.1. The second-order valence-electron chi connectivity index (χ2n) is 5.26. The molecule has 0 aliphatic rings. The highest BCUT2D eigenvalue weighted by atomic mass is 16.3. The van der Waals surface area contributed by atoms with E-state index in [-0.39, 0.29) is 11.6 Å². The third kappa shape index (κ3) is 3.16. The Morgan fingerprint density at radius 2 is 2.10 bits per heavy atom. The van der Waals surface area contributed by atoms with Gasteiger partial charge in [0, 0.05) is 17.8 Å². The maximum absolute atomic E-state index is 12.0. The van der Waals surface area contributed by atoms with Gasteiger partial charge in [-0.15, -0.1) is 0 Å². The van der Waals surface area contributed by atoms with Gasteiger partial charge in [0.25, 0.3) is 5.56 Å². The van der Waals surface area contributed by atoms with Crippen molar-refractivity contribution in [1.29, 1.82) is 0 Å². The fraction of sp³-hybridized carbons (Fsp3) is 0.235. The average molecular weight is 282 g/mol. The van der Waals surface area contributed by atoms with E-state index < -0.39 is 0 Å². The Morgan fingerprint density at radius 1 is 1.24 bits per heavy atom. The third-order valence-electron chi connectivity index (χ3n) is 3.56. The smallest absolute Gasteiger partial charge is 0.257 e. The Morgan fingerprint density at radius 3 is 2.90 bits per heavy atom. The molecule has 0 spiro atoms. The minimum atomic E-state index is -0.0613. The van der Waals surface area contributed by atoms with Crippen LogP contribution in [0.3, 0.4) is 0 Å². The van der Waals surface area contributed by atoms with Gasteiger partial charge in [-0.1, -0.05) is 18.2 Å². The number of aromatic nitrogens is 1. The van der Waals surface area contributed by atoms with Crippen molar-refractivity contribution in [2.75, 3.05) is 5.32 Å². The number of benzene rings is 1. The standard InChI is InChI=1S/C17H18N2O2/c1-12(8-9-14-6-4-10-21-14)18-16-11-13-5-2-3-7-15(13)17(20)19-16/h2-7,10-12H,8-9H2,1H3,(H2,18,19,20). The summed E-state index contributed by atoms with van der Waals surface area (Å²) in [6.45, 7) is 2.09. The zero-order valence-corrected chi connectivity index (χ0v) is 11.9. The van der Waals surface area contributed by atoms with Crippen LogP contribution in [0.1, 0.15) is 19.1 Å². The maximum Gasteiger partial charge on any atom is 0.257 e. The molecule has 0 saturated carbocycles. The van der Waals surface area contributed by atoms with Crippen molar-refractivity contribution in [3.63, 3.8) is 0 Å². The highest BCUT2D eigenvalue weighted by Crippen LogP contribution is 2.14. The first kappa shape index (κ1) is 13.5. The monoisotopic (exact) mass is 282 g/mol. The van der Waals surface area contributed by atoms with Crippen LogP contribution < -0.4 is 10.9 Å². The average Bonchev–Trinajstić information content (AvgIpc) is 2.98. The number of H-pyrrole nitrogens is 1. The molecule has 0 amide bonds. The molecule has 0 fully saturated rings. The molecular formula is C17H18N2O2. The molecule has 0 saturated heterocycles. The Balaban J connectivity index is 1.71. The van der Waals surface area contributed by atoms with Gasteiger partial charge in [-0.3, -0.25) is 4.79 Å². The molecule has 1 aromatic carbocycles. The van der Waals surface area contributed by atoms with E-state index in [2.05, 4.69) is 17.2 Å². The molecule has 0 aliphatic heterocycles. The predicted octanol–water partition coefficient (Wildman–Crippen LogP) is 3.55.